The SMILES string of the molecule is COc1ccc2c(c1)OC(C)(C)C[C@H]2NC(=O)c1ccc(Cl)c([N+](=O)[O-])c1. The van der Waals surface area contributed by atoms with Crippen molar-refractivity contribution in [1.29, 1.82) is 0 Å². The van der Waals surface area contributed by atoms with E-state index in [9.17, 15) is 14.9 Å². The number of carbonyl (C=O) groups excluding carboxylic acids is 1. The van der Waals surface area contributed by atoms with Crippen LogP contribution in [0, 0.1) is 10.1 Å². The zero-order chi connectivity index (χ0) is 19.8. The number of nitro groups is 1. The molecule has 142 valence electrons. The van der Waals surface area contributed by atoms with Gasteiger partial charge < -0.3 is 14.8 Å². The van der Waals surface area contributed by atoms with E-state index in [0.717, 1.165) is 5.56 Å². The lowest BCUT2D eigenvalue weighted by Gasteiger charge is -2.38. The molecule has 7 nitrogen and oxygen atoms in total. The second-order valence-electron chi connectivity index (χ2n) is 6.92. The van der Waals surface area contributed by atoms with Crippen LogP contribution >= 0.6 is 11.6 Å². The molecule has 0 radical (unpaired) electrons. The van der Waals surface area contributed by atoms with Crippen molar-refractivity contribution in [2.24, 2.45) is 0 Å². The van der Waals surface area contributed by atoms with Gasteiger partial charge in [0.25, 0.3) is 11.6 Å². The molecule has 0 saturated carbocycles. The molecule has 1 aliphatic heterocycles. The van der Waals surface area contributed by atoms with Crippen LogP contribution in [0.25, 0.3) is 0 Å². The number of hydrogen-bond acceptors (Lipinski definition) is 5. The molecule has 0 fully saturated rings. The average molecular weight is 391 g/mol. The van der Waals surface area contributed by atoms with Gasteiger partial charge in [-0.3, -0.25) is 14.9 Å². The molecule has 0 saturated heterocycles. The summed E-state index contributed by atoms with van der Waals surface area (Å²) in [6, 6.07) is 9.10. The Morgan fingerprint density at radius 3 is 2.74 bits per heavy atom. The monoisotopic (exact) mass is 390 g/mol. The molecular weight excluding hydrogens is 372 g/mol. The van der Waals surface area contributed by atoms with Crippen LogP contribution in [0.5, 0.6) is 11.5 Å². The highest BCUT2D eigenvalue weighted by Crippen LogP contribution is 2.41. The molecule has 1 amide bonds. The lowest BCUT2D eigenvalue weighted by atomic mass is 9.89. The van der Waals surface area contributed by atoms with Crippen LogP contribution in [0.15, 0.2) is 36.4 Å². The largest absolute Gasteiger partial charge is 0.497 e. The first kappa shape index (κ1) is 19.0. The van der Waals surface area contributed by atoms with Gasteiger partial charge in [-0.25, -0.2) is 0 Å². The molecule has 0 aromatic heterocycles. The topological polar surface area (TPSA) is 90.7 Å². The molecule has 1 atom stereocenters. The van der Waals surface area contributed by atoms with Gasteiger partial charge in [0, 0.05) is 29.7 Å². The third-order valence-electron chi connectivity index (χ3n) is 4.39. The van der Waals surface area contributed by atoms with Crippen molar-refractivity contribution in [2.75, 3.05) is 7.11 Å². The first-order valence-corrected chi connectivity index (χ1v) is 8.70. The molecule has 8 heteroatoms. The minimum absolute atomic E-state index is 0.0128. The van der Waals surface area contributed by atoms with E-state index in [2.05, 4.69) is 5.32 Å². The number of nitro benzene ring substituents is 1. The Bertz CT molecular complexity index is 913. The Labute approximate surface area is 161 Å². The third-order valence-corrected chi connectivity index (χ3v) is 4.71. The van der Waals surface area contributed by atoms with Crippen molar-refractivity contribution in [2.45, 2.75) is 31.9 Å². The molecule has 0 spiro atoms. The summed E-state index contributed by atoms with van der Waals surface area (Å²) < 4.78 is 11.2. The lowest BCUT2D eigenvalue weighted by molar-refractivity contribution is -0.384. The van der Waals surface area contributed by atoms with Gasteiger partial charge in [-0.2, -0.15) is 0 Å². The standard InChI is InChI=1S/C19H19ClN2O5/c1-19(2)10-15(13-6-5-12(26-3)9-17(13)27-19)21-18(23)11-4-7-14(20)16(8-11)22(24)25/h4-9,15H,10H2,1-3H3,(H,21,23)/t15-/m1/s1. The fourth-order valence-electron chi connectivity index (χ4n) is 3.12. The maximum Gasteiger partial charge on any atom is 0.288 e. The van der Waals surface area contributed by atoms with Crippen LogP contribution in [-0.2, 0) is 0 Å². The predicted molar refractivity (Wildman–Crippen MR) is 101 cm³/mol. The van der Waals surface area contributed by atoms with Crippen molar-refractivity contribution < 1.29 is 19.2 Å². The minimum atomic E-state index is -0.613. The maximum atomic E-state index is 12.7. The van der Waals surface area contributed by atoms with E-state index in [-0.39, 0.29) is 22.3 Å². The molecule has 0 aliphatic carbocycles. The van der Waals surface area contributed by atoms with E-state index in [1.54, 1.807) is 19.2 Å². The Kier molecular flexibility index (Phi) is 4.97. The fraction of sp³-hybridized carbons (Fsp3) is 0.316. The van der Waals surface area contributed by atoms with E-state index >= 15 is 0 Å². The summed E-state index contributed by atoms with van der Waals surface area (Å²) in [5.74, 6) is 0.877. The van der Waals surface area contributed by atoms with E-state index in [0.29, 0.717) is 17.9 Å². The molecular formula is C19H19ClN2O5. The average Bonchev–Trinajstić information content (AvgIpc) is 2.60. The highest BCUT2D eigenvalue weighted by Gasteiger charge is 2.35. The zero-order valence-electron chi connectivity index (χ0n) is 15.1. The number of hydrogen-bond donors (Lipinski definition) is 1. The van der Waals surface area contributed by atoms with Crippen molar-refractivity contribution >= 4 is 23.2 Å². The molecule has 2 aromatic carbocycles. The number of ether oxygens (including phenoxy) is 2. The summed E-state index contributed by atoms with van der Waals surface area (Å²) in [5.41, 5.74) is 0.197. The van der Waals surface area contributed by atoms with Crippen molar-refractivity contribution in [1.82, 2.24) is 5.32 Å². The third kappa shape index (κ3) is 3.98. The maximum absolute atomic E-state index is 12.7. The van der Waals surface area contributed by atoms with Gasteiger partial charge in [-0.05, 0) is 38.1 Å². The molecule has 3 rings (SSSR count). The molecule has 0 bridgehead atoms. The van der Waals surface area contributed by atoms with E-state index in [4.69, 9.17) is 21.1 Å². The zero-order valence-corrected chi connectivity index (χ0v) is 15.9. The van der Waals surface area contributed by atoms with E-state index < -0.39 is 16.4 Å². The normalized spacial score (nSPS) is 17.4. The summed E-state index contributed by atoms with van der Waals surface area (Å²) in [5, 5.41) is 14.0. The van der Waals surface area contributed by atoms with Gasteiger partial charge in [0.15, 0.2) is 0 Å². The number of rotatable bonds is 4. The highest BCUT2D eigenvalue weighted by atomic mass is 35.5. The summed E-state index contributed by atoms with van der Waals surface area (Å²) in [6.45, 7) is 3.86. The second kappa shape index (κ2) is 7.08. The van der Waals surface area contributed by atoms with Crippen LogP contribution in [0.4, 0.5) is 5.69 Å². The van der Waals surface area contributed by atoms with Gasteiger partial charge in [0.2, 0.25) is 0 Å². The number of nitrogens with one attached hydrogen (secondary N) is 1. The molecule has 0 unspecified atom stereocenters. The Morgan fingerprint density at radius 1 is 1.33 bits per heavy atom. The summed E-state index contributed by atoms with van der Waals surface area (Å²) >= 11 is 5.82. The van der Waals surface area contributed by atoms with Crippen LogP contribution in [0.2, 0.25) is 5.02 Å². The van der Waals surface area contributed by atoms with Crippen LogP contribution in [-0.4, -0.2) is 23.5 Å². The van der Waals surface area contributed by atoms with Crippen LogP contribution in [0.3, 0.4) is 0 Å². The second-order valence-corrected chi connectivity index (χ2v) is 7.33. The Morgan fingerprint density at radius 2 is 2.07 bits per heavy atom. The van der Waals surface area contributed by atoms with Crippen molar-refractivity contribution in [3.63, 3.8) is 0 Å². The van der Waals surface area contributed by atoms with Gasteiger partial charge in [-0.1, -0.05) is 11.6 Å². The van der Waals surface area contributed by atoms with E-state index in [1.165, 1.54) is 18.2 Å². The molecule has 2 aromatic rings. The molecule has 27 heavy (non-hydrogen) atoms. The highest BCUT2D eigenvalue weighted by molar-refractivity contribution is 6.32. The van der Waals surface area contributed by atoms with Crippen LogP contribution < -0.4 is 14.8 Å². The number of benzene rings is 2. The summed E-state index contributed by atoms with van der Waals surface area (Å²) in [7, 11) is 1.57. The summed E-state index contributed by atoms with van der Waals surface area (Å²) in [4.78, 5) is 23.1. The molecule has 1 aliphatic rings. The first-order chi connectivity index (χ1) is 12.7. The Balaban J connectivity index is 1.90. The number of nitrogens with zero attached hydrogens (tertiary/aromatic N) is 1. The smallest absolute Gasteiger partial charge is 0.288 e. The lowest BCUT2D eigenvalue weighted by Crippen LogP contribution is -2.41. The van der Waals surface area contributed by atoms with Crippen molar-refractivity contribution in [3.05, 3.63) is 62.7 Å². The van der Waals surface area contributed by atoms with Gasteiger partial charge in [0.1, 0.15) is 22.1 Å². The number of fused-ring (bicyclic) bond motifs is 1. The van der Waals surface area contributed by atoms with Crippen LogP contribution in [0.1, 0.15) is 42.2 Å². The fourth-order valence-corrected chi connectivity index (χ4v) is 3.31. The number of halogens is 1. The summed E-state index contributed by atoms with van der Waals surface area (Å²) in [6.07, 6.45) is 0.549. The quantitative estimate of drug-likeness (QED) is 0.621. The van der Waals surface area contributed by atoms with Gasteiger partial charge in [-0.15, -0.1) is 0 Å². The number of methoxy groups -OCH3 is 1. The first-order valence-electron chi connectivity index (χ1n) is 8.32. The van der Waals surface area contributed by atoms with Gasteiger partial charge >= 0.3 is 0 Å². The number of amides is 1. The van der Waals surface area contributed by atoms with Gasteiger partial charge in [0.05, 0.1) is 18.1 Å². The minimum Gasteiger partial charge on any atom is -0.497 e. The number of carbonyl (C=O) groups is 1. The Hall–Kier alpha value is -2.80. The van der Waals surface area contributed by atoms with Crippen molar-refractivity contribution in [3.8, 4) is 11.5 Å². The van der Waals surface area contributed by atoms with E-state index in [1.807, 2.05) is 19.9 Å². The molecule has 1 N–H and O–H groups in total. The predicted octanol–water partition coefficient (Wildman–Crippen LogP) is 4.29. The molecule has 1 heterocycles.